The van der Waals surface area contributed by atoms with Crippen LogP contribution < -0.4 is 10.3 Å². The van der Waals surface area contributed by atoms with Gasteiger partial charge in [0.15, 0.2) is 4.77 Å². The number of nitrogens with zero attached hydrogens (tertiary/aromatic N) is 4. The van der Waals surface area contributed by atoms with E-state index in [0.717, 1.165) is 0 Å². The van der Waals surface area contributed by atoms with Crippen molar-refractivity contribution >= 4 is 35.2 Å². The molecular weight excluding hydrogens is 448 g/mol. The Balaban J connectivity index is 2.08. The third-order valence-corrected chi connectivity index (χ3v) is 5.34. The van der Waals surface area contributed by atoms with Gasteiger partial charge in [-0.2, -0.15) is 5.11 Å². The fourth-order valence-electron chi connectivity index (χ4n) is 3.15. The van der Waals surface area contributed by atoms with Crippen LogP contribution in [0.4, 0.5) is 11.4 Å². The van der Waals surface area contributed by atoms with E-state index in [1.165, 1.54) is 16.2 Å². The van der Waals surface area contributed by atoms with Crippen molar-refractivity contribution in [3.05, 3.63) is 99.0 Å². The van der Waals surface area contributed by atoms with Crippen molar-refractivity contribution < 1.29 is 9.84 Å². The van der Waals surface area contributed by atoms with Gasteiger partial charge in [0.1, 0.15) is 5.75 Å². The van der Waals surface area contributed by atoms with Gasteiger partial charge in [-0.1, -0.05) is 54.1 Å². The van der Waals surface area contributed by atoms with Gasteiger partial charge in [-0.05, 0) is 48.6 Å². The van der Waals surface area contributed by atoms with E-state index in [2.05, 4.69) is 10.2 Å². The monoisotopic (exact) mass is 464 g/mol. The third kappa shape index (κ3) is 3.93. The van der Waals surface area contributed by atoms with Crippen LogP contribution in [0.5, 0.6) is 11.6 Å². The number of aromatic hydroxyl groups is 1. The second-order valence-electron chi connectivity index (χ2n) is 6.59. The summed E-state index contributed by atoms with van der Waals surface area (Å²) in [5.41, 5.74) is 0.341. The Hall–Kier alpha value is -3.75. The largest absolute Gasteiger partial charge is 0.495 e. The fourth-order valence-corrected chi connectivity index (χ4v) is 3.74. The molecule has 0 fully saturated rings. The van der Waals surface area contributed by atoms with Gasteiger partial charge in [-0.25, -0.2) is 4.57 Å². The van der Waals surface area contributed by atoms with Crippen LogP contribution in [0, 0.1) is 4.77 Å². The van der Waals surface area contributed by atoms with E-state index in [4.69, 9.17) is 28.6 Å². The molecule has 1 N–H and O–H groups in total. The van der Waals surface area contributed by atoms with Crippen LogP contribution in [0.1, 0.15) is 0 Å². The maximum absolute atomic E-state index is 13.4. The molecular formula is C23H17ClN4O3S. The summed E-state index contributed by atoms with van der Waals surface area (Å²) in [5.74, 6) is -0.0537. The van der Waals surface area contributed by atoms with Gasteiger partial charge in [0.2, 0.25) is 11.6 Å². The van der Waals surface area contributed by atoms with E-state index in [9.17, 15) is 9.90 Å². The Morgan fingerprint density at radius 3 is 2.19 bits per heavy atom. The molecule has 0 aliphatic heterocycles. The summed E-state index contributed by atoms with van der Waals surface area (Å²) >= 11 is 12.0. The van der Waals surface area contributed by atoms with Crippen molar-refractivity contribution in [2.45, 2.75) is 0 Å². The van der Waals surface area contributed by atoms with Gasteiger partial charge in [0.25, 0.3) is 5.56 Å². The van der Waals surface area contributed by atoms with Crippen LogP contribution in [-0.4, -0.2) is 21.4 Å². The molecule has 0 amide bonds. The molecule has 1 heterocycles. The Kier molecular flexibility index (Phi) is 6.16. The average molecular weight is 465 g/mol. The summed E-state index contributed by atoms with van der Waals surface area (Å²) in [4.78, 5) is 13.4. The molecule has 0 unspecified atom stereocenters. The van der Waals surface area contributed by atoms with Crippen LogP contribution in [-0.2, 0) is 0 Å². The van der Waals surface area contributed by atoms with E-state index in [1.54, 1.807) is 72.8 Å². The number of hydrogen-bond donors (Lipinski definition) is 1. The van der Waals surface area contributed by atoms with Crippen molar-refractivity contribution in [2.24, 2.45) is 10.2 Å². The number of halogens is 1. The van der Waals surface area contributed by atoms with E-state index in [-0.39, 0.29) is 10.5 Å². The number of azo groups is 1. The first-order valence-corrected chi connectivity index (χ1v) is 10.3. The molecule has 9 heteroatoms. The van der Waals surface area contributed by atoms with Crippen LogP contribution in [0.15, 0.2) is 93.9 Å². The molecule has 0 saturated carbocycles. The molecule has 0 spiro atoms. The Morgan fingerprint density at radius 2 is 1.50 bits per heavy atom. The predicted octanol–water partition coefficient (Wildman–Crippen LogP) is 6.14. The van der Waals surface area contributed by atoms with Gasteiger partial charge in [-0.3, -0.25) is 9.36 Å². The molecule has 0 bridgehead atoms. The summed E-state index contributed by atoms with van der Waals surface area (Å²) in [6.07, 6.45) is 0. The molecule has 4 rings (SSSR count). The number of benzene rings is 3. The molecule has 0 radical (unpaired) electrons. The Morgan fingerprint density at radius 1 is 0.875 bits per heavy atom. The third-order valence-electron chi connectivity index (χ3n) is 4.65. The van der Waals surface area contributed by atoms with Crippen LogP contribution in [0.25, 0.3) is 11.4 Å². The minimum absolute atomic E-state index is 0.0104. The maximum Gasteiger partial charge on any atom is 0.290 e. The van der Waals surface area contributed by atoms with Crippen LogP contribution in [0.3, 0.4) is 0 Å². The van der Waals surface area contributed by atoms with Crippen molar-refractivity contribution in [3.63, 3.8) is 0 Å². The molecule has 0 saturated heterocycles. The van der Waals surface area contributed by atoms with Crippen LogP contribution >= 0.6 is 23.8 Å². The zero-order valence-electron chi connectivity index (χ0n) is 16.8. The fraction of sp³-hybridized carbons (Fsp3) is 0.0435. The van der Waals surface area contributed by atoms with Gasteiger partial charge in [0.05, 0.1) is 29.2 Å². The van der Waals surface area contributed by atoms with Crippen molar-refractivity contribution in [1.29, 1.82) is 0 Å². The normalized spacial score (nSPS) is 11.1. The summed E-state index contributed by atoms with van der Waals surface area (Å²) in [7, 11) is 1.49. The SMILES string of the molecule is COc1ccccc1-n1c(=O)c(N=Nc2ccccc2)c(O)n(-c2ccccc2Cl)c1=S. The van der Waals surface area contributed by atoms with E-state index < -0.39 is 11.4 Å². The summed E-state index contributed by atoms with van der Waals surface area (Å²) in [5, 5.41) is 19.5. The van der Waals surface area contributed by atoms with Gasteiger partial charge in [0, 0.05) is 0 Å². The van der Waals surface area contributed by atoms with Gasteiger partial charge >= 0.3 is 0 Å². The average Bonchev–Trinajstić information content (AvgIpc) is 2.81. The van der Waals surface area contributed by atoms with E-state index in [1.807, 2.05) is 6.07 Å². The smallest absolute Gasteiger partial charge is 0.290 e. The Bertz CT molecular complexity index is 1430. The molecule has 7 nitrogen and oxygen atoms in total. The van der Waals surface area contributed by atoms with E-state index in [0.29, 0.717) is 27.8 Å². The second-order valence-corrected chi connectivity index (χ2v) is 7.36. The number of aromatic nitrogens is 2. The first-order chi connectivity index (χ1) is 15.5. The first kappa shape index (κ1) is 21.5. The zero-order chi connectivity index (χ0) is 22.7. The lowest BCUT2D eigenvalue weighted by Crippen LogP contribution is -2.23. The molecule has 160 valence electrons. The summed E-state index contributed by atoms with van der Waals surface area (Å²) in [6, 6.07) is 22.6. The van der Waals surface area contributed by atoms with Gasteiger partial charge < -0.3 is 9.84 Å². The number of ether oxygens (including phenoxy) is 1. The first-order valence-electron chi connectivity index (χ1n) is 9.49. The topological polar surface area (TPSA) is 81.1 Å². The predicted molar refractivity (Wildman–Crippen MR) is 126 cm³/mol. The lowest BCUT2D eigenvalue weighted by molar-refractivity contribution is 0.410. The highest BCUT2D eigenvalue weighted by Crippen LogP contribution is 2.33. The van der Waals surface area contributed by atoms with Crippen molar-refractivity contribution in [3.8, 4) is 23.0 Å². The molecule has 0 atom stereocenters. The van der Waals surface area contributed by atoms with Crippen molar-refractivity contribution in [2.75, 3.05) is 7.11 Å². The molecule has 32 heavy (non-hydrogen) atoms. The minimum Gasteiger partial charge on any atom is -0.495 e. The molecule has 0 aliphatic rings. The molecule has 1 aromatic heterocycles. The standard InChI is InChI=1S/C23H17ClN4O3S/c1-31-19-14-8-7-13-18(19)28-22(30)20(26-25-15-9-3-2-4-10-15)21(29)27(23(28)32)17-12-6-5-11-16(17)24/h2-14,29H,1H3. The summed E-state index contributed by atoms with van der Waals surface area (Å²) in [6.45, 7) is 0. The Labute approximate surface area is 193 Å². The molecule has 3 aromatic carbocycles. The molecule has 0 aliphatic carbocycles. The highest BCUT2D eigenvalue weighted by molar-refractivity contribution is 7.71. The number of hydrogen-bond acceptors (Lipinski definition) is 6. The number of para-hydroxylation sites is 3. The van der Waals surface area contributed by atoms with Gasteiger partial charge in [-0.15, -0.1) is 5.11 Å². The van der Waals surface area contributed by atoms with Crippen molar-refractivity contribution in [1.82, 2.24) is 9.13 Å². The highest BCUT2D eigenvalue weighted by atomic mass is 35.5. The maximum atomic E-state index is 13.4. The quantitative estimate of drug-likeness (QED) is 0.284. The lowest BCUT2D eigenvalue weighted by atomic mass is 10.2. The highest BCUT2D eigenvalue weighted by Gasteiger charge is 2.22. The minimum atomic E-state index is -0.653. The van der Waals surface area contributed by atoms with E-state index >= 15 is 0 Å². The lowest BCUT2D eigenvalue weighted by Gasteiger charge is -2.18. The zero-order valence-corrected chi connectivity index (χ0v) is 18.4. The number of methoxy groups -OCH3 is 1. The number of rotatable bonds is 5. The second kappa shape index (κ2) is 9.17. The molecule has 4 aromatic rings. The summed E-state index contributed by atoms with van der Waals surface area (Å²) < 4.78 is 7.93. The van der Waals surface area contributed by atoms with Crippen LogP contribution in [0.2, 0.25) is 5.02 Å².